The standard InChI is InChI=1S/C24H40N4O3/c1-6-26-23(27-16-10-8-7-9-14-21(29)31-24(2,3)4)28-17-15-19-12-11-13-20(18-19)22(30)25-5/h11-13,18H,6-10,14-17H2,1-5H3,(H,25,30)(H2,26,27,28). The van der Waals surface area contributed by atoms with Crippen LogP contribution in [0.2, 0.25) is 0 Å². The summed E-state index contributed by atoms with van der Waals surface area (Å²) in [7, 11) is 1.64. The van der Waals surface area contributed by atoms with Gasteiger partial charge in [0, 0.05) is 38.7 Å². The molecule has 0 bridgehead atoms. The summed E-state index contributed by atoms with van der Waals surface area (Å²) >= 11 is 0. The number of aliphatic imine (C=N–C) groups is 1. The molecule has 1 aromatic rings. The van der Waals surface area contributed by atoms with Gasteiger partial charge in [0.1, 0.15) is 5.60 Å². The molecule has 0 saturated carbocycles. The van der Waals surface area contributed by atoms with Gasteiger partial charge >= 0.3 is 5.97 Å². The summed E-state index contributed by atoms with van der Waals surface area (Å²) in [5.74, 6) is 0.611. The average Bonchev–Trinajstić information content (AvgIpc) is 2.71. The van der Waals surface area contributed by atoms with E-state index in [1.54, 1.807) is 7.05 Å². The van der Waals surface area contributed by atoms with E-state index in [0.29, 0.717) is 12.0 Å². The fraction of sp³-hybridized carbons (Fsp3) is 0.625. The second-order valence-electron chi connectivity index (χ2n) is 8.47. The van der Waals surface area contributed by atoms with Crippen molar-refractivity contribution in [3.8, 4) is 0 Å². The Morgan fingerprint density at radius 3 is 2.48 bits per heavy atom. The molecule has 31 heavy (non-hydrogen) atoms. The number of esters is 1. The Balaban J connectivity index is 2.29. The maximum Gasteiger partial charge on any atom is 0.306 e. The van der Waals surface area contributed by atoms with E-state index in [2.05, 4.69) is 20.9 Å². The van der Waals surface area contributed by atoms with Crippen LogP contribution in [0.1, 0.15) is 75.7 Å². The maximum atomic E-state index is 11.8. The molecule has 0 aliphatic carbocycles. The van der Waals surface area contributed by atoms with E-state index < -0.39 is 5.60 Å². The average molecular weight is 433 g/mol. The van der Waals surface area contributed by atoms with Gasteiger partial charge in [0.2, 0.25) is 0 Å². The van der Waals surface area contributed by atoms with Crippen LogP contribution < -0.4 is 16.0 Å². The third-order valence-electron chi connectivity index (χ3n) is 4.45. The topological polar surface area (TPSA) is 91.8 Å². The maximum absolute atomic E-state index is 11.8. The first kappa shape index (κ1) is 26.5. The van der Waals surface area contributed by atoms with Gasteiger partial charge in [0.05, 0.1) is 0 Å². The van der Waals surface area contributed by atoms with Crippen LogP contribution in [-0.2, 0) is 16.0 Å². The number of carbonyl (C=O) groups is 2. The number of amides is 1. The van der Waals surface area contributed by atoms with E-state index in [1.807, 2.05) is 52.0 Å². The normalized spacial score (nSPS) is 11.7. The van der Waals surface area contributed by atoms with Crippen molar-refractivity contribution in [3.63, 3.8) is 0 Å². The van der Waals surface area contributed by atoms with Gasteiger partial charge in [0.15, 0.2) is 5.96 Å². The van der Waals surface area contributed by atoms with E-state index in [-0.39, 0.29) is 11.9 Å². The molecule has 3 N–H and O–H groups in total. The van der Waals surface area contributed by atoms with Crippen LogP contribution in [0.4, 0.5) is 0 Å². The lowest BCUT2D eigenvalue weighted by Gasteiger charge is -2.19. The first-order valence-corrected chi connectivity index (χ1v) is 11.3. The SMILES string of the molecule is CCNC(=NCCCCCCC(=O)OC(C)(C)C)NCCc1cccc(C(=O)NC)c1. The molecule has 0 unspecified atom stereocenters. The number of unbranched alkanes of at least 4 members (excludes halogenated alkanes) is 3. The van der Waals surface area contributed by atoms with Crippen LogP contribution in [0.15, 0.2) is 29.3 Å². The quantitative estimate of drug-likeness (QED) is 0.204. The van der Waals surface area contributed by atoms with Crippen molar-refractivity contribution in [1.29, 1.82) is 0 Å². The lowest BCUT2D eigenvalue weighted by atomic mass is 10.1. The minimum atomic E-state index is -0.408. The molecule has 1 rings (SSSR count). The van der Waals surface area contributed by atoms with E-state index in [1.165, 1.54) is 0 Å². The fourth-order valence-electron chi connectivity index (χ4n) is 3.00. The van der Waals surface area contributed by atoms with Gasteiger partial charge < -0.3 is 20.7 Å². The van der Waals surface area contributed by atoms with Gasteiger partial charge in [0.25, 0.3) is 5.91 Å². The van der Waals surface area contributed by atoms with Crippen molar-refractivity contribution in [3.05, 3.63) is 35.4 Å². The molecular weight excluding hydrogens is 392 g/mol. The highest BCUT2D eigenvalue weighted by molar-refractivity contribution is 5.94. The largest absolute Gasteiger partial charge is 0.460 e. The molecule has 0 atom stereocenters. The van der Waals surface area contributed by atoms with Crippen LogP contribution in [0.25, 0.3) is 0 Å². The molecule has 0 aliphatic heterocycles. The van der Waals surface area contributed by atoms with E-state index in [9.17, 15) is 9.59 Å². The number of hydrogen-bond acceptors (Lipinski definition) is 4. The lowest BCUT2D eigenvalue weighted by molar-refractivity contribution is -0.154. The first-order valence-electron chi connectivity index (χ1n) is 11.3. The molecule has 0 radical (unpaired) electrons. The van der Waals surface area contributed by atoms with Gasteiger partial charge in [-0.05, 0) is 64.7 Å². The Kier molecular flexibility index (Phi) is 12.3. The molecular formula is C24H40N4O3. The zero-order valence-corrected chi connectivity index (χ0v) is 19.8. The smallest absolute Gasteiger partial charge is 0.306 e. The molecule has 0 aliphatic rings. The van der Waals surface area contributed by atoms with Crippen LogP contribution >= 0.6 is 0 Å². The number of ether oxygens (including phenoxy) is 1. The highest BCUT2D eigenvalue weighted by atomic mass is 16.6. The summed E-state index contributed by atoms with van der Waals surface area (Å²) in [5.41, 5.74) is 1.37. The molecule has 0 heterocycles. The van der Waals surface area contributed by atoms with Gasteiger partial charge in [-0.2, -0.15) is 0 Å². The third kappa shape index (κ3) is 12.7. The zero-order valence-electron chi connectivity index (χ0n) is 19.8. The van der Waals surface area contributed by atoms with Crippen molar-refractivity contribution in [2.24, 2.45) is 4.99 Å². The van der Waals surface area contributed by atoms with Crippen molar-refractivity contribution < 1.29 is 14.3 Å². The molecule has 1 amide bonds. The van der Waals surface area contributed by atoms with Crippen molar-refractivity contribution in [2.75, 3.05) is 26.7 Å². The molecule has 174 valence electrons. The monoisotopic (exact) mass is 432 g/mol. The Labute approximate surface area is 187 Å². The summed E-state index contributed by atoms with van der Waals surface area (Å²) in [4.78, 5) is 28.1. The van der Waals surface area contributed by atoms with Crippen LogP contribution in [0, 0.1) is 0 Å². The second-order valence-corrected chi connectivity index (χ2v) is 8.47. The predicted octanol–water partition coefficient (Wildman–Crippen LogP) is 3.44. The molecule has 0 aromatic heterocycles. The van der Waals surface area contributed by atoms with Crippen molar-refractivity contribution in [2.45, 2.75) is 71.8 Å². The summed E-state index contributed by atoms with van der Waals surface area (Å²) < 4.78 is 5.32. The highest BCUT2D eigenvalue weighted by Gasteiger charge is 2.15. The summed E-state index contributed by atoms with van der Waals surface area (Å²) in [6.07, 6.45) is 5.16. The first-order chi connectivity index (χ1) is 14.7. The predicted molar refractivity (Wildman–Crippen MR) is 126 cm³/mol. The Hall–Kier alpha value is -2.57. The van der Waals surface area contributed by atoms with Crippen LogP contribution in [0.5, 0.6) is 0 Å². The summed E-state index contributed by atoms with van der Waals surface area (Å²) in [6, 6.07) is 7.66. The Morgan fingerprint density at radius 2 is 1.81 bits per heavy atom. The Morgan fingerprint density at radius 1 is 1.06 bits per heavy atom. The van der Waals surface area contributed by atoms with Crippen LogP contribution in [0.3, 0.4) is 0 Å². The van der Waals surface area contributed by atoms with E-state index in [0.717, 1.165) is 63.3 Å². The van der Waals surface area contributed by atoms with Gasteiger partial charge in [-0.3, -0.25) is 14.6 Å². The van der Waals surface area contributed by atoms with Crippen molar-refractivity contribution >= 4 is 17.8 Å². The lowest BCUT2D eigenvalue weighted by Crippen LogP contribution is -2.38. The van der Waals surface area contributed by atoms with Gasteiger partial charge in [-0.25, -0.2) is 0 Å². The molecule has 1 aromatic carbocycles. The number of guanidine groups is 1. The van der Waals surface area contributed by atoms with Crippen molar-refractivity contribution in [1.82, 2.24) is 16.0 Å². The van der Waals surface area contributed by atoms with E-state index >= 15 is 0 Å². The number of nitrogens with zero attached hydrogens (tertiary/aromatic N) is 1. The number of carbonyl (C=O) groups excluding carboxylic acids is 2. The fourth-order valence-corrected chi connectivity index (χ4v) is 3.00. The van der Waals surface area contributed by atoms with Gasteiger partial charge in [-0.1, -0.05) is 25.0 Å². The molecule has 7 nitrogen and oxygen atoms in total. The summed E-state index contributed by atoms with van der Waals surface area (Å²) in [5, 5.41) is 9.26. The number of benzene rings is 1. The third-order valence-corrected chi connectivity index (χ3v) is 4.45. The number of rotatable bonds is 12. The zero-order chi connectivity index (χ0) is 23.1. The molecule has 0 fully saturated rings. The van der Waals surface area contributed by atoms with E-state index in [4.69, 9.17) is 4.74 Å². The second kappa shape index (κ2) is 14.4. The number of hydrogen-bond donors (Lipinski definition) is 3. The Bertz CT molecular complexity index is 711. The summed E-state index contributed by atoms with van der Waals surface area (Å²) in [6.45, 7) is 9.99. The number of nitrogens with one attached hydrogen (secondary N) is 3. The minimum absolute atomic E-state index is 0.0733. The van der Waals surface area contributed by atoms with Crippen LogP contribution in [-0.4, -0.2) is 50.1 Å². The highest BCUT2D eigenvalue weighted by Crippen LogP contribution is 2.11. The molecule has 0 spiro atoms. The van der Waals surface area contributed by atoms with Gasteiger partial charge in [-0.15, -0.1) is 0 Å². The molecule has 7 heteroatoms. The molecule has 0 saturated heterocycles. The minimum Gasteiger partial charge on any atom is -0.460 e.